The maximum Gasteiger partial charge on any atom is 0.191 e. The molecule has 2 N–H and O–H groups in total. The van der Waals surface area contributed by atoms with E-state index in [4.69, 9.17) is 14.5 Å². The number of para-hydroxylation sites is 1. The molecule has 0 bridgehead atoms. The van der Waals surface area contributed by atoms with Gasteiger partial charge in [0.2, 0.25) is 0 Å². The van der Waals surface area contributed by atoms with E-state index in [-0.39, 0.29) is 6.04 Å². The van der Waals surface area contributed by atoms with E-state index in [0.717, 1.165) is 55.7 Å². The van der Waals surface area contributed by atoms with Crippen LogP contribution >= 0.6 is 0 Å². The number of rotatable bonds is 9. The molecular formula is C22H34N6O2. The van der Waals surface area contributed by atoms with Crippen LogP contribution < -0.4 is 15.4 Å². The lowest BCUT2D eigenvalue weighted by Crippen LogP contribution is -2.47. The molecular weight excluding hydrogens is 380 g/mol. The maximum absolute atomic E-state index is 5.98. The van der Waals surface area contributed by atoms with Gasteiger partial charge < -0.3 is 20.1 Å². The van der Waals surface area contributed by atoms with E-state index in [1.165, 1.54) is 11.1 Å². The van der Waals surface area contributed by atoms with Crippen LogP contribution in [0.25, 0.3) is 0 Å². The lowest BCUT2D eigenvalue weighted by Gasteiger charge is -2.25. The number of aliphatic imine (C=N–C) groups is 1. The summed E-state index contributed by atoms with van der Waals surface area (Å²) in [5.41, 5.74) is 2.35. The minimum Gasteiger partial charge on any atom is -0.493 e. The zero-order valence-electron chi connectivity index (χ0n) is 18.6. The fourth-order valence-corrected chi connectivity index (χ4v) is 3.64. The van der Waals surface area contributed by atoms with Crippen LogP contribution in [-0.2, 0) is 24.3 Å². The predicted molar refractivity (Wildman–Crippen MR) is 118 cm³/mol. The number of ether oxygens (including phenoxy) is 2. The van der Waals surface area contributed by atoms with Crippen molar-refractivity contribution in [3.05, 3.63) is 41.0 Å². The quantitative estimate of drug-likeness (QED) is 0.372. The molecule has 8 heteroatoms. The summed E-state index contributed by atoms with van der Waals surface area (Å²) < 4.78 is 13.1. The number of nitrogens with zero attached hydrogens (tertiary/aromatic N) is 4. The fraction of sp³-hybridized carbons (Fsp3) is 0.591. The summed E-state index contributed by atoms with van der Waals surface area (Å²) >= 11 is 0. The minimum absolute atomic E-state index is 0.276. The van der Waals surface area contributed by atoms with E-state index in [2.05, 4.69) is 59.7 Å². The van der Waals surface area contributed by atoms with Gasteiger partial charge in [-0.05, 0) is 38.3 Å². The average Bonchev–Trinajstić information content (AvgIpc) is 3.11. The van der Waals surface area contributed by atoms with Gasteiger partial charge in [0.05, 0.1) is 13.2 Å². The Labute approximate surface area is 179 Å². The van der Waals surface area contributed by atoms with Crippen LogP contribution in [0.1, 0.15) is 42.5 Å². The summed E-state index contributed by atoms with van der Waals surface area (Å²) in [6, 6.07) is 6.49. The number of fused-ring (bicyclic) bond motifs is 1. The molecule has 30 heavy (non-hydrogen) atoms. The lowest BCUT2D eigenvalue weighted by molar-refractivity contribution is 0.177. The van der Waals surface area contributed by atoms with Gasteiger partial charge in [-0.25, -0.2) is 9.67 Å². The van der Waals surface area contributed by atoms with Crippen molar-refractivity contribution in [3.8, 4) is 5.75 Å². The second-order valence-corrected chi connectivity index (χ2v) is 7.62. The normalized spacial score (nSPS) is 16.3. The maximum atomic E-state index is 5.98. The van der Waals surface area contributed by atoms with E-state index in [0.29, 0.717) is 19.8 Å². The van der Waals surface area contributed by atoms with E-state index < -0.39 is 0 Å². The third-order valence-electron chi connectivity index (χ3n) is 5.09. The summed E-state index contributed by atoms with van der Waals surface area (Å²) in [5, 5.41) is 11.4. The van der Waals surface area contributed by atoms with Crippen LogP contribution in [0.2, 0.25) is 0 Å². The highest BCUT2D eigenvalue weighted by atomic mass is 16.5. The van der Waals surface area contributed by atoms with E-state index in [1.807, 2.05) is 4.68 Å². The number of aromatic nitrogens is 3. The number of nitrogens with one attached hydrogen (secondary N) is 2. The summed E-state index contributed by atoms with van der Waals surface area (Å²) in [6.45, 7) is 9.66. The van der Waals surface area contributed by atoms with E-state index in [9.17, 15) is 0 Å². The van der Waals surface area contributed by atoms with Gasteiger partial charge in [-0.2, -0.15) is 5.10 Å². The third-order valence-corrected chi connectivity index (χ3v) is 5.09. The Hall–Kier alpha value is -2.61. The Kier molecular flexibility index (Phi) is 8.07. The van der Waals surface area contributed by atoms with Crippen molar-refractivity contribution in [3.63, 3.8) is 0 Å². The standard InChI is InChI=1S/C22H34N6O2/c1-5-23-22(24-12-7-13-30-21-16(2)8-6-9-17(21)3)25-18-10-11-20-26-19(15-29-4)27-28(20)14-18/h6,8-9,18H,5,7,10-15H2,1-4H3,(H2,23,24,25). The van der Waals surface area contributed by atoms with Gasteiger partial charge in [0.25, 0.3) is 0 Å². The van der Waals surface area contributed by atoms with Crippen molar-refractivity contribution in [2.75, 3.05) is 26.8 Å². The summed E-state index contributed by atoms with van der Waals surface area (Å²) in [4.78, 5) is 9.26. The summed E-state index contributed by atoms with van der Waals surface area (Å²) in [5.74, 6) is 3.61. The van der Waals surface area contributed by atoms with Crippen LogP contribution in [0.15, 0.2) is 23.2 Å². The van der Waals surface area contributed by atoms with Crippen LogP contribution in [0.5, 0.6) is 5.75 Å². The van der Waals surface area contributed by atoms with Gasteiger partial charge in [-0.1, -0.05) is 18.2 Å². The molecule has 1 aromatic carbocycles. The van der Waals surface area contributed by atoms with Gasteiger partial charge in [-0.3, -0.25) is 4.99 Å². The Bertz CT molecular complexity index is 828. The zero-order valence-corrected chi connectivity index (χ0v) is 18.6. The van der Waals surface area contributed by atoms with Crippen molar-refractivity contribution < 1.29 is 9.47 Å². The molecule has 1 unspecified atom stereocenters. The van der Waals surface area contributed by atoms with Gasteiger partial charge in [0.15, 0.2) is 11.8 Å². The van der Waals surface area contributed by atoms with Crippen molar-refractivity contribution in [2.45, 2.75) is 59.2 Å². The van der Waals surface area contributed by atoms with Gasteiger partial charge >= 0.3 is 0 Å². The summed E-state index contributed by atoms with van der Waals surface area (Å²) in [6.07, 6.45) is 2.77. The highest BCUT2D eigenvalue weighted by Crippen LogP contribution is 2.22. The highest BCUT2D eigenvalue weighted by molar-refractivity contribution is 5.80. The molecule has 0 fully saturated rings. The molecule has 0 aliphatic carbocycles. The molecule has 1 aliphatic rings. The third kappa shape index (κ3) is 5.95. The number of hydrogen-bond donors (Lipinski definition) is 2. The van der Waals surface area contributed by atoms with Crippen LogP contribution in [0.3, 0.4) is 0 Å². The molecule has 0 amide bonds. The van der Waals surface area contributed by atoms with Crippen molar-refractivity contribution in [1.82, 2.24) is 25.4 Å². The molecule has 1 atom stereocenters. The van der Waals surface area contributed by atoms with Crippen LogP contribution in [-0.4, -0.2) is 53.6 Å². The Morgan fingerprint density at radius 3 is 2.83 bits per heavy atom. The molecule has 1 aromatic heterocycles. The van der Waals surface area contributed by atoms with Crippen molar-refractivity contribution in [1.29, 1.82) is 0 Å². The highest BCUT2D eigenvalue weighted by Gasteiger charge is 2.22. The lowest BCUT2D eigenvalue weighted by atomic mass is 10.1. The van der Waals surface area contributed by atoms with Gasteiger partial charge in [-0.15, -0.1) is 0 Å². The molecule has 0 saturated carbocycles. The first-order valence-corrected chi connectivity index (χ1v) is 10.8. The molecule has 8 nitrogen and oxygen atoms in total. The van der Waals surface area contributed by atoms with Crippen molar-refractivity contribution >= 4 is 5.96 Å². The van der Waals surface area contributed by atoms with Crippen LogP contribution in [0.4, 0.5) is 0 Å². The largest absolute Gasteiger partial charge is 0.493 e. The number of aryl methyl sites for hydroxylation is 3. The van der Waals surface area contributed by atoms with E-state index in [1.54, 1.807) is 7.11 Å². The summed E-state index contributed by atoms with van der Waals surface area (Å²) in [7, 11) is 1.66. The number of benzene rings is 1. The molecule has 0 saturated heterocycles. The SMILES string of the molecule is CCNC(=NCCCOc1c(C)cccc1C)NC1CCc2nc(COC)nn2C1. The molecule has 0 spiro atoms. The minimum atomic E-state index is 0.276. The van der Waals surface area contributed by atoms with E-state index >= 15 is 0 Å². The second kappa shape index (κ2) is 11.0. The molecule has 2 heterocycles. The Morgan fingerprint density at radius 2 is 2.10 bits per heavy atom. The zero-order chi connectivity index (χ0) is 21.3. The first kappa shape index (κ1) is 22.1. The molecule has 3 rings (SSSR count). The molecule has 2 aromatic rings. The van der Waals surface area contributed by atoms with Gasteiger partial charge in [0, 0.05) is 39.1 Å². The number of hydrogen-bond acceptors (Lipinski definition) is 5. The average molecular weight is 415 g/mol. The van der Waals surface area contributed by atoms with Crippen molar-refractivity contribution in [2.24, 2.45) is 4.99 Å². The van der Waals surface area contributed by atoms with Gasteiger partial charge in [0.1, 0.15) is 18.2 Å². The smallest absolute Gasteiger partial charge is 0.191 e. The number of guanidine groups is 1. The monoisotopic (exact) mass is 414 g/mol. The number of methoxy groups -OCH3 is 1. The second-order valence-electron chi connectivity index (χ2n) is 7.62. The topological polar surface area (TPSA) is 85.6 Å². The molecule has 1 aliphatic heterocycles. The first-order chi connectivity index (χ1) is 14.6. The molecule has 0 radical (unpaired) electrons. The predicted octanol–water partition coefficient (Wildman–Crippen LogP) is 2.38. The Balaban J connectivity index is 1.48. The Morgan fingerprint density at radius 1 is 1.30 bits per heavy atom. The first-order valence-electron chi connectivity index (χ1n) is 10.8. The van der Waals surface area contributed by atoms with Crippen LogP contribution in [0, 0.1) is 13.8 Å². The fourth-order valence-electron chi connectivity index (χ4n) is 3.64. The molecule has 164 valence electrons.